The van der Waals surface area contributed by atoms with E-state index in [9.17, 15) is 4.79 Å². The van der Waals surface area contributed by atoms with Gasteiger partial charge in [0, 0.05) is 26.0 Å². The van der Waals surface area contributed by atoms with Crippen molar-refractivity contribution in [3.8, 4) is 5.75 Å². The normalized spacial score (nSPS) is 11.8. The van der Waals surface area contributed by atoms with E-state index < -0.39 is 0 Å². The van der Waals surface area contributed by atoms with E-state index in [1.165, 1.54) is 0 Å². The number of para-hydroxylation sites is 1. The maximum absolute atomic E-state index is 12.9. The van der Waals surface area contributed by atoms with Crippen LogP contribution in [0.3, 0.4) is 0 Å². The monoisotopic (exact) mass is 328 g/mol. The summed E-state index contributed by atoms with van der Waals surface area (Å²) in [7, 11) is 1.79. The van der Waals surface area contributed by atoms with Gasteiger partial charge in [-0.3, -0.25) is 9.78 Å². The highest BCUT2D eigenvalue weighted by Gasteiger charge is 2.21. The van der Waals surface area contributed by atoms with Crippen molar-refractivity contribution in [3.05, 3.63) is 59.9 Å². The lowest BCUT2D eigenvalue weighted by molar-refractivity contribution is 0.0732. The number of rotatable bonds is 8. The van der Waals surface area contributed by atoms with Crippen LogP contribution in [-0.4, -0.2) is 42.7 Å². The van der Waals surface area contributed by atoms with Crippen molar-refractivity contribution in [2.75, 3.05) is 26.9 Å². The third kappa shape index (κ3) is 4.55. The lowest BCUT2D eigenvalue weighted by atomic mass is 10.1. The molecule has 0 aliphatic carbocycles. The summed E-state index contributed by atoms with van der Waals surface area (Å²) in [6.45, 7) is 5.48. The molecule has 24 heavy (non-hydrogen) atoms. The molecule has 1 aromatic carbocycles. The van der Waals surface area contributed by atoms with E-state index in [2.05, 4.69) is 4.98 Å². The molecular formula is C19H24N2O3. The van der Waals surface area contributed by atoms with E-state index in [0.29, 0.717) is 31.1 Å². The highest BCUT2D eigenvalue weighted by atomic mass is 16.5. The summed E-state index contributed by atoms with van der Waals surface area (Å²) >= 11 is 0. The first-order valence-electron chi connectivity index (χ1n) is 8.11. The van der Waals surface area contributed by atoms with Crippen molar-refractivity contribution < 1.29 is 14.3 Å². The molecule has 5 heteroatoms. The predicted molar refractivity (Wildman–Crippen MR) is 93.2 cm³/mol. The second-order valence-electron chi connectivity index (χ2n) is 5.42. The maximum atomic E-state index is 12.9. The Hall–Kier alpha value is -2.40. The molecule has 1 unspecified atom stereocenters. The Kier molecular flexibility index (Phi) is 6.75. The van der Waals surface area contributed by atoms with E-state index >= 15 is 0 Å². The Morgan fingerprint density at radius 2 is 2.00 bits per heavy atom. The third-order valence-corrected chi connectivity index (χ3v) is 3.87. The Morgan fingerprint density at radius 3 is 2.71 bits per heavy atom. The van der Waals surface area contributed by atoms with Gasteiger partial charge >= 0.3 is 0 Å². The van der Waals surface area contributed by atoms with Crippen LogP contribution >= 0.6 is 0 Å². The fourth-order valence-electron chi connectivity index (χ4n) is 2.34. The van der Waals surface area contributed by atoms with E-state index in [-0.39, 0.29) is 11.9 Å². The molecule has 0 radical (unpaired) electrons. The smallest absolute Gasteiger partial charge is 0.257 e. The number of hydrogen-bond donors (Lipinski definition) is 0. The fourth-order valence-corrected chi connectivity index (χ4v) is 2.34. The first-order chi connectivity index (χ1) is 11.6. The molecule has 0 fully saturated rings. The molecule has 2 rings (SSSR count). The molecule has 1 heterocycles. The molecule has 0 N–H and O–H groups in total. The zero-order valence-electron chi connectivity index (χ0n) is 14.4. The number of amides is 1. The van der Waals surface area contributed by atoms with E-state index in [0.717, 1.165) is 5.56 Å². The lowest BCUT2D eigenvalue weighted by Crippen LogP contribution is -2.30. The van der Waals surface area contributed by atoms with E-state index in [1.54, 1.807) is 30.4 Å². The van der Waals surface area contributed by atoms with Gasteiger partial charge in [0.2, 0.25) is 0 Å². The van der Waals surface area contributed by atoms with Gasteiger partial charge in [-0.1, -0.05) is 18.2 Å². The summed E-state index contributed by atoms with van der Waals surface area (Å²) in [6, 6.07) is 11.0. The van der Waals surface area contributed by atoms with E-state index in [1.807, 2.05) is 44.2 Å². The number of pyridine rings is 1. The van der Waals surface area contributed by atoms with Gasteiger partial charge < -0.3 is 14.4 Å². The van der Waals surface area contributed by atoms with Crippen LogP contribution in [0.5, 0.6) is 5.75 Å². The molecular weight excluding hydrogens is 304 g/mol. The lowest BCUT2D eigenvalue weighted by Gasteiger charge is -2.26. The number of carbonyl (C=O) groups excluding carboxylic acids is 1. The molecule has 0 bridgehead atoms. The Bertz CT molecular complexity index is 646. The van der Waals surface area contributed by atoms with Gasteiger partial charge in [-0.2, -0.15) is 0 Å². The largest absolute Gasteiger partial charge is 0.490 e. The molecule has 2 aromatic rings. The van der Waals surface area contributed by atoms with Crippen molar-refractivity contribution in [1.82, 2.24) is 9.88 Å². The summed E-state index contributed by atoms with van der Waals surface area (Å²) < 4.78 is 11.0. The molecule has 1 aromatic heterocycles. The Balaban J connectivity index is 2.11. The number of aromatic nitrogens is 1. The summed E-state index contributed by atoms with van der Waals surface area (Å²) in [5.41, 5.74) is 1.54. The highest BCUT2D eigenvalue weighted by molar-refractivity contribution is 5.97. The second kappa shape index (κ2) is 9.03. The first-order valence-corrected chi connectivity index (χ1v) is 8.11. The van der Waals surface area contributed by atoms with Gasteiger partial charge in [-0.05, 0) is 37.6 Å². The summed E-state index contributed by atoms with van der Waals surface area (Å²) in [4.78, 5) is 18.7. The first kappa shape index (κ1) is 17.9. The second-order valence-corrected chi connectivity index (χ2v) is 5.42. The molecule has 0 saturated carbocycles. The zero-order valence-corrected chi connectivity index (χ0v) is 14.4. The molecule has 0 spiro atoms. The molecule has 0 aliphatic rings. The molecule has 1 atom stereocenters. The van der Waals surface area contributed by atoms with Crippen LogP contribution < -0.4 is 4.74 Å². The van der Waals surface area contributed by atoms with Crippen molar-refractivity contribution in [2.45, 2.75) is 19.9 Å². The third-order valence-electron chi connectivity index (χ3n) is 3.87. The molecule has 5 nitrogen and oxygen atoms in total. The molecule has 1 amide bonds. The Labute approximate surface area is 143 Å². The van der Waals surface area contributed by atoms with E-state index in [4.69, 9.17) is 9.47 Å². The summed E-state index contributed by atoms with van der Waals surface area (Å²) in [6.07, 6.45) is 3.50. The van der Waals surface area contributed by atoms with Crippen LogP contribution in [0.15, 0.2) is 48.8 Å². The van der Waals surface area contributed by atoms with Crippen LogP contribution in [0.4, 0.5) is 0 Å². The summed E-state index contributed by atoms with van der Waals surface area (Å²) in [5, 5.41) is 0. The minimum atomic E-state index is -0.0848. The minimum Gasteiger partial charge on any atom is -0.490 e. The number of carbonyl (C=O) groups is 1. The average Bonchev–Trinajstić information content (AvgIpc) is 2.64. The standard InChI is InChI=1S/C19H24N2O3/c1-4-23-12-13-24-18-10-6-5-9-17(18)19(22)21(3)15(2)16-8-7-11-20-14-16/h5-11,14-15H,4,12-13H2,1-3H3. The van der Waals surface area contributed by atoms with Crippen molar-refractivity contribution in [1.29, 1.82) is 0 Å². The Morgan fingerprint density at radius 1 is 1.21 bits per heavy atom. The number of ether oxygens (including phenoxy) is 2. The van der Waals surface area contributed by atoms with Gasteiger partial charge in [0.15, 0.2) is 0 Å². The van der Waals surface area contributed by atoms with Crippen LogP contribution in [0.25, 0.3) is 0 Å². The van der Waals surface area contributed by atoms with Crippen molar-refractivity contribution in [2.24, 2.45) is 0 Å². The topological polar surface area (TPSA) is 51.7 Å². The predicted octanol–water partition coefficient (Wildman–Crippen LogP) is 3.33. The summed E-state index contributed by atoms with van der Waals surface area (Å²) in [5.74, 6) is 0.491. The highest BCUT2D eigenvalue weighted by Crippen LogP contribution is 2.24. The van der Waals surface area contributed by atoms with Crippen LogP contribution in [-0.2, 0) is 4.74 Å². The average molecular weight is 328 g/mol. The number of benzene rings is 1. The zero-order chi connectivity index (χ0) is 17.4. The van der Waals surface area contributed by atoms with Gasteiger partial charge in [-0.25, -0.2) is 0 Å². The quantitative estimate of drug-likeness (QED) is 0.698. The van der Waals surface area contributed by atoms with Gasteiger partial charge in [0.05, 0.1) is 18.2 Å². The molecule has 0 saturated heterocycles. The van der Waals surface area contributed by atoms with Crippen LogP contribution in [0.1, 0.15) is 35.8 Å². The fraction of sp³-hybridized carbons (Fsp3) is 0.368. The van der Waals surface area contributed by atoms with Gasteiger partial charge in [0.1, 0.15) is 12.4 Å². The number of hydrogen-bond acceptors (Lipinski definition) is 4. The van der Waals surface area contributed by atoms with Gasteiger partial charge in [-0.15, -0.1) is 0 Å². The van der Waals surface area contributed by atoms with Gasteiger partial charge in [0.25, 0.3) is 5.91 Å². The molecule has 0 aliphatic heterocycles. The minimum absolute atomic E-state index is 0.0809. The SMILES string of the molecule is CCOCCOc1ccccc1C(=O)N(C)C(C)c1cccnc1. The molecule has 128 valence electrons. The van der Waals surface area contributed by atoms with Crippen molar-refractivity contribution >= 4 is 5.91 Å². The van der Waals surface area contributed by atoms with Crippen LogP contribution in [0.2, 0.25) is 0 Å². The van der Waals surface area contributed by atoms with Crippen LogP contribution in [0, 0.1) is 0 Å². The van der Waals surface area contributed by atoms with Crippen molar-refractivity contribution in [3.63, 3.8) is 0 Å². The maximum Gasteiger partial charge on any atom is 0.257 e. The number of nitrogens with zero attached hydrogens (tertiary/aromatic N) is 2.